The van der Waals surface area contributed by atoms with Crippen LogP contribution in [0.1, 0.15) is 29.1 Å². The van der Waals surface area contributed by atoms with Crippen LogP contribution in [0.15, 0.2) is 59.0 Å². The van der Waals surface area contributed by atoms with E-state index < -0.39 is 0 Å². The maximum atomic E-state index is 12.9. The minimum atomic E-state index is -0.200. The number of nitrogens with zero attached hydrogens (tertiary/aromatic N) is 2. The fourth-order valence-corrected chi connectivity index (χ4v) is 3.28. The Balaban J connectivity index is 1.51. The Morgan fingerprint density at radius 1 is 1.19 bits per heavy atom. The molecule has 6 heteroatoms. The monoisotopic (exact) mass is 363 g/mol. The van der Waals surface area contributed by atoms with Gasteiger partial charge in [-0.1, -0.05) is 18.2 Å². The highest BCUT2D eigenvalue weighted by Gasteiger charge is 2.24. The van der Waals surface area contributed by atoms with Gasteiger partial charge in [-0.05, 0) is 43.3 Å². The van der Waals surface area contributed by atoms with Crippen molar-refractivity contribution in [1.29, 1.82) is 0 Å². The van der Waals surface area contributed by atoms with Crippen LogP contribution in [0.2, 0.25) is 0 Å². The lowest BCUT2D eigenvalue weighted by atomic mass is 10.1. The van der Waals surface area contributed by atoms with Gasteiger partial charge in [-0.3, -0.25) is 9.69 Å². The Morgan fingerprint density at radius 2 is 1.93 bits per heavy atom. The normalized spacial score (nSPS) is 15.0. The van der Waals surface area contributed by atoms with Crippen molar-refractivity contribution in [1.82, 2.24) is 10.2 Å². The van der Waals surface area contributed by atoms with E-state index in [4.69, 9.17) is 4.42 Å². The summed E-state index contributed by atoms with van der Waals surface area (Å²) >= 11 is 0. The van der Waals surface area contributed by atoms with Gasteiger partial charge in [-0.25, -0.2) is 4.79 Å². The Bertz CT molecular complexity index is 960. The first kappa shape index (κ1) is 17.1. The molecular weight excluding hydrogens is 342 g/mol. The number of nitrogens with one attached hydrogen (secondary N) is 1. The third-order valence-electron chi connectivity index (χ3n) is 5.04. The van der Waals surface area contributed by atoms with E-state index in [2.05, 4.69) is 5.32 Å². The highest BCUT2D eigenvalue weighted by molar-refractivity contribution is 5.97. The minimum absolute atomic E-state index is 0.0969. The predicted molar refractivity (Wildman–Crippen MR) is 104 cm³/mol. The van der Waals surface area contributed by atoms with Gasteiger partial charge in [0.2, 0.25) is 0 Å². The van der Waals surface area contributed by atoms with Gasteiger partial charge >= 0.3 is 6.03 Å². The van der Waals surface area contributed by atoms with E-state index in [-0.39, 0.29) is 18.0 Å². The molecule has 6 nitrogen and oxygen atoms in total. The van der Waals surface area contributed by atoms with Crippen LogP contribution in [0.25, 0.3) is 11.0 Å². The molecule has 4 rings (SSSR count). The average Bonchev–Trinajstić information content (AvgIpc) is 3.32. The number of hydrogen-bond donors (Lipinski definition) is 1. The van der Waals surface area contributed by atoms with Gasteiger partial charge < -0.3 is 14.6 Å². The van der Waals surface area contributed by atoms with Crippen molar-refractivity contribution in [2.45, 2.75) is 13.0 Å². The predicted octanol–water partition coefficient (Wildman–Crippen LogP) is 3.80. The third kappa shape index (κ3) is 3.14. The molecule has 0 aliphatic carbocycles. The van der Waals surface area contributed by atoms with Gasteiger partial charge in [0.25, 0.3) is 5.91 Å². The number of rotatable bonds is 4. The largest absolute Gasteiger partial charge is 0.459 e. The van der Waals surface area contributed by atoms with Gasteiger partial charge in [0, 0.05) is 36.8 Å². The number of anilines is 1. The van der Waals surface area contributed by atoms with E-state index in [0.29, 0.717) is 18.7 Å². The van der Waals surface area contributed by atoms with E-state index in [0.717, 1.165) is 22.4 Å². The molecule has 0 spiro atoms. The number of furan rings is 1. The van der Waals surface area contributed by atoms with Gasteiger partial charge in [0.15, 0.2) is 0 Å². The molecule has 0 saturated carbocycles. The number of carbonyl (C=O) groups excluding carboxylic acids is 2. The second-order valence-electron chi connectivity index (χ2n) is 6.71. The van der Waals surface area contributed by atoms with Crippen molar-refractivity contribution in [3.63, 3.8) is 0 Å². The maximum absolute atomic E-state index is 12.9. The van der Waals surface area contributed by atoms with Crippen LogP contribution in [0, 0.1) is 0 Å². The van der Waals surface area contributed by atoms with Crippen LogP contribution in [0.3, 0.4) is 0 Å². The maximum Gasteiger partial charge on any atom is 0.321 e. The Kier molecular flexibility index (Phi) is 4.32. The SMILES string of the molecule is CC(c1cc2ccccc2o1)N(C)C(=O)c1ccc(N2CCNC2=O)cc1. The van der Waals surface area contributed by atoms with E-state index >= 15 is 0 Å². The molecule has 2 heterocycles. The summed E-state index contributed by atoms with van der Waals surface area (Å²) in [6.07, 6.45) is 0. The number of para-hydroxylation sites is 1. The molecule has 138 valence electrons. The summed E-state index contributed by atoms with van der Waals surface area (Å²) in [6, 6.07) is 16.6. The Labute approximate surface area is 157 Å². The molecule has 27 heavy (non-hydrogen) atoms. The molecule has 1 fully saturated rings. The third-order valence-corrected chi connectivity index (χ3v) is 5.04. The summed E-state index contributed by atoms with van der Waals surface area (Å²) in [7, 11) is 1.77. The Morgan fingerprint density at radius 3 is 2.59 bits per heavy atom. The first-order chi connectivity index (χ1) is 13.0. The van der Waals surface area contributed by atoms with E-state index in [9.17, 15) is 9.59 Å². The smallest absolute Gasteiger partial charge is 0.321 e. The highest BCUT2D eigenvalue weighted by Crippen LogP contribution is 2.28. The first-order valence-corrected chi connectivity index (χ1v) is 8.95. The summed E-state index contributed by atoms with van der Waals surface area (Å²) in [5.74, 6) is 0.651. The second-order valence-corrected chi connectivity index (χ2v) is 6.71. The molecule has 1 unspecified atom stereocenters. The molecule has 1 aromatic heterocycles. The van der Waals surface area contributed by atoms with Crippen molar-refractivity contribution >= 4 is 28.6 Å². The number of urea groups is 1. The van der Waals surface area contributed by atoms with Crippen LogP contribution in [0.5, 0.6) is 0 Å². The van der Waals surface area contributed by atoms with Crippen LogP contribution in [-0.2, 0) is 0 Å². The van der Waals surface area contributed by atoms with Gasteiger partial charge in [-0.2, -0.15) is 0 Å². The molecule has 1 saturated heterocycles. The van der Waals surface area contributed by atoms with Crippen LogP contribution in [0.4, 0.5) is 10.5 Å². The zero-order valence-corrected chi connectivity index (χ0v) is 15.3. The highest BCUT2D eigenvalue weighted by atomic mass is 16.3. The molecule has 3 aromatic rings. The summed E-state index contributed by atoms with van der Waals surface area (Å²) < 4.78 is 5.89. The van der Waals surface area contributed by atoms with Crippen molar-refractivity contribution in [3.8, 4) is 0 Å². The van der Waals surface area contributed by atoms with E-state index in [1.807, 2.05) is 37.3 Å². The fourth-order valence-electron chi connectivity index (χ4n) is 3.28. The van der Waals surface area contributed by atoms with Crippen molar-refractivity contribution in [2.24, 2.45) is 0 Å². The van der Waals surface area contributed by atoms with Gasteiger partial charge in [-0.15, -0.1) is 0 Å². The van der Waals surface area contributed by atoms with Crippen molar-refractivity contribution < 1.29 is 14.0 Å². The average molecular weight is 363 g/mol. The van der Waals surface area contributed by atoms with E-state index in [1.54, 1.807) is 41.1 Å². The fraction of sp³-hybridized carbons (Fsp3) is 0.238. The van der Waals surface area contributed by atoms with Gasteiger partial charge in [0.05, 0.1) is 6.04 Å². The molecular formula is C21H21N3O3. The molecule has 0 radical (unpaired) electrons. The molecule has 1 aliphatic heterocycles. The standard InChI is InChI=1S/C21H21N3O3/c1-14(19-13-16-5-3-4-6-18(16)27-19)23(2)20(25)15-7-9-17(10-8-15)24-12-11-22-21(24)26/h3-10,13-14H,11-12H2,1-2H3,(H,22,26). The number of fused-ring (bicyclic) bond motifs is 1. The number of amides is 3. The van der Waals surface area contributed by atoms with Crippen molar-refractivity contribution in [2.75, 3.05) is 25.0 Å². The molecule has 1 N–H and O–H groups in total. The lowest BCUT2D eigenvalue weighted by molar-refractivity contribution is 0.0727. The number of carbonyl (C=O) groups is 2. The second kappa shape index (κ2) is 6.79. The number of hydrogen-bond acceptors (Lipinski definition) is 3. The minimum Gasteiger partial charge on any atom is -0.459 e. The van der Waals surface area contributed by atoms with Crippen molar-refractivity contribution in [3.05, 3.63) is 65.9 Å². The summed E-state index contributed by atoms with van der Waals surface area (Å²) in [4.78, 5) is 27.9. The lowest BCUT2D eigenvalue weighted by Crippen LogP contribution is -2.30. The quantitative estimate of drug-likeness (QED) is 0.767. The first-order valence-electron chi connectivity index (χ1n) is 8.95. The molecule has 3 amide bonds. The van der Waals surface area contributed by atoms with E-state index in [1.165, 1.54) is 0 Å². The van der Waals surface area contributed by atoms with Crippen LogP contribution >= 0.6 is 0 Å². The molecule has 2 aromatic carbocycles. The van der Waals surface area contributed by atoms with Crippen LogP contribution in [-0.4, -0.2) is 37.0 Å². The topological polar surface area (TPSA) is 65.8 Å². The summed E-state index contributed by atoms with van der Waals surface area (Å²) in [5, 5.41) is 3.79. The summed E-state index contributed by atoms with van der Waals surface area (Å²) in [6.45, 7) is 3.21. The van der Waals surface area contributed by atoms with Crippen LogP contribution < -0.4 is 10.2 Å². The van der Waals surface area contributed by atoms with Gasteiger partial charge in [0.1, 0.15) is 11.3 Å². The molecule has 0 bridgehead atoms. The zero-order valence-electron chi connectivity index (χ0n) is 15.3. The number of benzene rings is 2. The Hall–Kier alpha value is -3.28. The molecule has 1 atom stereocenters. The zero-order chi connectivity index (χ0) is 19.0. The molecule has 1 aliphatic rings. The summed E-state index contributed by atoms with van der Waals surface area (Å²) in [5.41, 5.74) is 2.17. The lowest BCUT2D eigenvalue weighted by Gasteiger charge is -2.23.